The Labute approximate surface area is 75.1 Å². The van der Waals surface area contributed by atoms with Gasteiger partial charge in [-0.1, -0.05) is 0 Å². The van der Waals surface area contributed by atoms with Gasteiger partial charge in [-0.25, -0.2) is 0 Å². The summed E-state index contributed by atoms with van der Waals surface area (Å²) in [5, 5.41) is 0. The second kappa shape index (κ2) is 3.30. The van der Waals surface area contributed by atoms with Crippen LogP contribution in [-0.4, -0.2) is 18.9 Å². The van der Waals surface area contributed by atoms with Crippen molar-refractivity contribution in [2.75, 3.05) is 11.9 Å². The maximum atomic E-state index is 11.0. The lowest BCUT2D eigenvalue weighted by molar-refractivity contribution is -0.135. The van der Waals surface area contributed by atoms with E-state index in [1.165, 1.54) is 7.05 Å². The van der Waals surface area contributed by atoms with Gasteiger partial charge in [-0.3, -0.25) is 14.5 Å². The minimum absolute atomic E-state index is 0.307. The molecule has 0 radical (unpaired) electrons. The molecule has 0 bridgehead atoms. The molecule has 1 aromatic heterocycles. The molecule has 0 aliphatic heterocycles. The average Bonchev–Trinajstić information content (AvgIpc) is 2.49. The van der Waals surface area contributed by atoms with Crippen molar-refractivity contribution < 1.29 is 14.0 Å². The Balaban J connectivity index is 2.85. The normalized spacial score (nSPS) is 9.69. The van der Waals surface area contributed by atoms with E-state index in [-0.39, 0.29) is 0 Å². The summed E-state index contributed by atoms with van der Waals surface area (Å²) in [6.45, 7) is 1.74. The zero-order valence-electron chi connectivity index (χ0n) is 7.40. The number of hydrogen-bond donors (Lipinski definition) is 1. The zero-order chi connectivity index (χ0) is 10.0. The van der Waals surface area contributed by atoms with Crippen LogP contribution in [0.5, 0.6) is 0 Å². The van der Waals surface area contributed by atoms with Gasteiger partial charge in [0.25, 0.3) is 0 Å². The van der Waals surface area contributed by atoms with Gasteiger partial charge in [-0.15, -0.1) is 0 Å². The van der Waals surface area contributed by atoms with Crippen LogP contribution in [0.15, 0.2) is 16.5 Å². The molecule has 0 spiro atoms. The number of amides is 2. The van der Waals surface area contributed by atoms with Crippen molar-refractivity contribution in [1.29, 1.82) is 0 Å². The fraction of sp³-hybridized carbons (Fsp3) is 0.250. The average molecular weight is 182 g/mol. The molecule has 0 aromatic carbocycles. The molecule has 0 unspecified atom stereocenters. The summed E-state index contributed by atoms with van der Waals surface area (Å²) in [5.74, 6) is -0.827. The first kappa shape index (κ1) is 9.31. The van der Waals surface area contributed by atoms with Crippen LogP contribution in [0.3, 0.4) is 0 Å². The molecule has 0 saturated heterocycles. The summed E-state index contributed by atoms with van der Waals surface area (Å²) in [6, 6.07) is 3.29. The van der Waals surface area contributed by atoms with E-state index in [2.05, 4.69) is 0 Å². The minimum Gasteiger partial charge on any atom is -0.445 e. The van der Waals surface area contributed by atoms with Crippen LogP contribution in [-0.2, 0) is 9.59 Å². The van der Waals surface area contributed by atoms with Gasteiger partial charge in [0.05, 0.1) is 0 Å². The molecule has 1 heterocycles. The molecular formula is C8H10N2O3. The quantitative estimate of drug-likeness (QED) is 0.623. The highest BCUT2D eigenvalue weighted by molar-refractivity contribution is 6.39. The summed E-state index contributed by atoms with van der Waals surface area (Å²) in [7, 11) is 1.42. The predicted octanol–water partition coefficient (Wildman–Crippen LogP) is 0.0361. The van der Waals surface area contributed by atoms with Gasteiger partial charge in [-0.2, -0.15) is 0 Å². The van der Waals surface area contributed by atoms with Gasteiger partial charge < -0.3 is 10.2 Å². The van der Waals surface area contributed by atoms with Crippen molar-refractivity contribution in [2.45, 2.75) is 6.92 Å². The molecular weight excluding hydrogens is 172 g/mol. The van der Waals surface area contributed by atoms with Crippen LogP contribution >= 0.6 is 0 Å². The van der Waals surface area contributed by atoms with E-state index in [0.29, 0.717) is 11.6 Å². The van der Waals surface area contributed by atoms with Crippen molar-refractivity contribution >= 4 is 17.7 Å². The first-order valence-electron chi connectivity index (χ1n) is 3.66. The van der Waals surface area contributed by atoms with Crippen LogP contribution in [0, 0.1) is 6.92 Å². The van der Waals surface area contributed by atoms with Crippen LogP contribution in [0.1, 0.15) is 5.76 Å². The molecule has 70 valence electrons. The third-order valence-corrected chi connectivity index (χ3v) is 1.57. The van der Waals surface area contributed by atoms with Crippen molar-refractivity contribution in [3.8, 4) is 0 Å². The summed E-state index contributed by atoms with van der Waals surface area (Å²) in [6.07, 6.45) is 0. The standard InChI is InChI=1S/C8H10N2O3/c1-5-3-4-6(13-5)10(2)8(12)7(9)11/h3-4H,1-2H3,(H2,9,11). The van der Waals surface area contributed by atoms with Gasteiger partial charge in [0.2, 0.25) is 5.88 Å². The van der Waals surface area contributed by atoms with Crippen LogP contribution in [0.25, 0.3) is 0 Å². The molecule has 0 fully saturated rings. The molecule has 0 atom stereocenters. The highest BCUT2D eigenvalue weighted by atomic mass is 16.4. The Morgan fingerprint density at radius 1 is 1.46 bits per heavy atom. The topological polar surface area (TPSA) is 76.5 Å². The Bertz CT molecular complexity index is 343. The molecule has 1 aromatic rings. The number of rotatable bonds is 1. The molecule has 1 rings (SSSR count). The molecule has 2 amide bonds. The molecule has 0 saturated carbocycles. The van der Waals surface area contributed by atoms with E-state index < -0.39 is 11.8 Å². The number of hydrogen-bond acceptors (Lipinski definition) is 3. The van der Waals surface area contributed by atoms with Crippen molar-refractivity contribution in [2.24, 2.45) is 5.73 Å². The fourth-order valence-corrected chi connectivity index (χ4v) is 0.867. The largest absolute Gasteiger partial charge is 0.445 e. The Kier molecular flexibility index (Phi) is 2.36. The number of aryl methyl sites for hydroxylation is 1. The second-order valence-electron chi connectivity index (χ2n) is 2.61. The maximum Gasteiger partial charge on any atom is 0.318 e. The van der Waals surface area contributed by atoms with Gasteiger partial charge in [0, 0.05) is 13.1 Å². The summed E-state index contributed by atoms with van der Waals surface area (Å²) in [5.41, 5.74) is 4.81. The fourth-order valence-electron chi connectivity index (χ4n) is 0.867. The van der Waals surface area contributed by atoms with Crippen molar-refractivity contribution in [3.63, 3.8) is 0 Å². The number of carbonyl (C=O) groups is 2. The third kappa shape index (κ3) is 1.87. The van der Waals surface area contributed by atoms with Crippen molar-refractivity contribution in [3.05, 3.63) is 17.9 Å². The van der Waals surface area contributed by atoms with Gasteiger partial charge in [0.15, 0.2) is 0 Å². The molecule has 0 aliphatic carbocycles. The smallest absolute Gasteiger partial charge is 0.318 e. The van der Waals surface area contributed by atoms with Crippen LogP contribution < -0.4 is 10.6 Å². The SMILES string of the molecule is Cc1ccc(N(C)C(=O)C(N)=O)o1. The summed E-state index contributed by atoms with van der Waals surface area (Å²) in [4.78, 5) is 22.6. The molecule has 0 aliphatic rings. The van der Waals surface area contributed by atoms with E-state index in [0.717, 1.165) is 4.90 Å². The Hall–Kier alpha value is -1.78. The molecule has 5 heteroatoms. The van der Waals surface area contributed by atoms with Gasteiger partial charge >= 0.3 is 11.8 Å². The van der Waals surface area contributed by atoms with E-state index >= 15 is 0 Å². The number of primary amides is 1. The Morgan fingerprint density at radius 2 is 2.08 bits per heavy atom. The minimum atomic E-state index is -1.00. The maximum absolute atomic E-state index is 11.0. The number of furan rings is 1. The lowest BCUT2D eigenvalue weighted by Crippen LogP contribution is -2.37. The number of anilines is 1. The van der Waals surface area contributed by atoms with Crippen LogP contribution in [0.2, 0.25) is 0 Å². The number of likely N-dealkylation sites (N-methyl/N-ethyl adjacent to an activating group) is 1. The number of nitrogens with zero attached hydrogens (tertiary/aromatic N) is 1. The highest BCUT2D eigenvalue weighted by Gasteiger charge is 2.18. The third-order valence-electron chi connectivity index (χ3n) is 1.57. The predicted molar refractivity (Wildman–Crippen MR) is 46.0 cm³/mol. The van der Waals surface area contributed by atoms with Crippen molar-refractivity contribution in [1.82, 2.24) is 0 Å². The first-order valence-corrected chi connectivity index (χ1v) is 3.66. The number of carbonyl (C=O) groups excluding carboxylic acids is 2. The molecule has 2 N–H and O–H groups in total. The monoisotopic (exact) mass is 182 g/mol. The van der Waals surface area contributed by atoms with E-state index in [9.17, 15) is 9.59 Å². The van der Waals surface area contributed by atoms with E-state index in [1.807, 2.05) is 0 Å². The number of nitrogens with two attached hydrogens (primary N) is 1. The molecule has 13 heavy (non-hydrogen) atoms. The summed E-state index contributed by atoms with van der Waals surface area (Å²) >= 11 is 0. The summed E-state index contributed by atoms with van der Waals surface area (Å²) < 4.78 is 5.11. The lowest BCUT2D eigenvalue weighted by Gasteiger charge is -2.10. The second-order valence-corrected chi connectivity index (χ2v) is 2.61. The molecule has 5 nitrogen and oxygen atoms in total. The lowest BCUT2D eigenvalue weighted by atomic mass is 10.4. The van der Waals surface area contributed by atoms with Gasteiger partial charge in [0.1, 0.15) is 5.76 Å². The first-order chi connectivity index (χ1) is 6.02. The van der Waals surface area contributed by atoms with E-state index in [4.69, 9.17) is 10.2 Å². The van der Waals surface area contributed by atoms with Crippen LogP contribution in [0.4, 0.5) is 5.88 Å². The van der Waals surface area contributed by atoms with Gasteiger partial charge in [-0.05, 0) is 13.0 Å². The zero-order valence-corrected chi connectivity index (χ0v) is 7.40. The Morgan fingerprint density at radius 3 is 2.46 bits per heavy atom. The van der Waals surface area contributed by atoms with E-state index in [1.54, 1.807) is 19.1 Å². The highest BCUT2D eigenvalue weighted by Crippen LogP contribution is 2.15.